The van der Waals surface area contributed by atoms with E-state index in [9.17, 15) is 9.59 Å². The van der Waals surface area contributed by atoms with E-state index < -0.39 is 5.97 Å². The molecule has 0 aliphatic rings. The molecular formula is C16H20N2O4. The summed E-state index contributed by atoms with van der Waals surface area (Å²) in [5, 5.41) is 9.74. The maximum atomic E-state index is 11.9. The normalized spacial score (nSPS) is 10.8. The van der Waals surface area contributed by atoms with Gasteiger partial charge in [-0.15, -0.1) is 0 Å². The number of hydrogen-bond acceptors (Lipinski definition) is 4. The molecule has 6 heteroatoms. The summed E-state index contributed by atoms with van der Waals surface area (Å²) in [6.07, 6.45) is 0.0923. The van der Waals surface area contributed by atoms with Crippen molar-refractivity contribution in [2.24, 2.45) is 0 Å². The van der Waals surface area contributed by atoms with Gasteiger partial charge in [0.1, 0.15) is 6.73 Å². The first-order chi connectivity index (χ1) is 10.6. The minimum absolute atomic E-state index is 0.0923. The molecule has 1 aromatic heterocycles. The number of aliphatic carboxylic acids is 1. The van der Waals surface area contributed by atoms with Crippen LogP contribution in [0.15, 0.2) is 35.1 Å². The van der Waals surface area contributed by atoms with E-state index in [0.29, 0.717) is 6.54 Å². The summed E-state index contributed by atoms with van der Waals surface area (Å²) in [6.45, 7) is 3.36. The lowest BCUT2D eigenvalue weighted by molar-refractivity contribution is -0.136. The Labute approximate surface area is 128 Å². The molecule has 0 atom stereocenters. The van der Waals surface area contributed by atoms with Crippen molar-refractivity contribution in [1.82, 2.24) is 4.57 Å². The number of nitrogens with zero attached hydrogens (tertiary/aromatic N) is 2. The molecule has 0 saturated heterocycles. The highest BCUT2D eigenvalue weighted by Crippen LogP contribution is 2.21. The maximum Gasteiger partial charge on any atom is 0.305 e. The number of pyridine rings is 1. The second-order valence-electron chi connectivity index (χ2n) is 4.98. The number of carboxylic acids is 1. The SMILES string of the molecule is CCN(CCC(=O)O)c1ccc2c(ccc(=O)n2COC)c1. The molecule has 0 aliphatic heterocycles. The van der Waals surface area contributed by atoms with Gasteiger partial charge in [-0.2, -0.15) is 0 Å². The molecule has 22 heavy (non-hydrogen) atoms. The first-order valence-electron chi connectivity index (χ1n) is 7.16. The molecule has 118 valence electrons. The second kappa shape index (κ2) is 7.09. The van der Waals surface area contributed by atoms with Crippen molar-refractivity contribution in [2.75, 3.05) is 25.1 Å². The van der Waals surface area contributed by atoms with Crippen LogP contribution in [0.4, 0.5) is 5.69 Å². The predicted molar refractivity (Wildman–Crippen MR) is 85.4 cm³/mol. The van der Waals surface area contributed by atoms with Crippen LogP contribution in [-0.2, 0) is 16.3 Å². The Hall–Kier alpha value is -2.34. The lowest BCUT2D eigenvalue weighted by Gasteiger charge is -2.23. The van der Waals surface area contributed by atoms with Gasteiger partial charge in [-0.25, -0.2) is 0 Å². The molecule has 0 fully saturated rings. The van der Waals surface area contributed by atoms with Crippen molar-refractivity contribution in [2.45, 2.75) is 20.1 Å². The zero-order valence-corrected chi connectivity index (χ0v) is 12.8. The molecular weight excluding hydrogens is 284 g/mol. The lowest BCUT2D eigenvalue weighted by atomic mass is 10.1. The highest BCUT2D eigenvalue weighted by Gasteiger charge is 2.09. The molecule has 1 N–H and O–H groups in total. The standard InChI is InChI=1S/C16H20N2O4/c1-3-17(9-8-16(20)21)13-5-6-14-12(10-13)4-7-15(19)18(14)11-22-2/h4-7,10H,3,8-9,11H2,1-2H3,(H,20,21). The quantitative estimate of drug-likeness (QED) is 0.846. The minimum atomic E-state index is -0.812. The Balaban J connectivity index is 2.39. The Kier molecular flexibility index (Phi) is 5.16. The Morgan fingerprint density at radius 1 is 1.32 bits per heavy atom. The fraction of sp³-hybridized carbons (Fsp3) is 0.375. The van der Waals surface area contributed by atoms with E-state index >= 15 is 0 Å². The third-order valence-corrected chi connectivity index (χ3v) is 3.57. The summed E-state index contributed by atoms with van der Waals surface area (Å²) in [5.41, 5.74) is 1.63. The Morgan fingerprint density at radius 3 is 2.73 bits per heavy atom. The van der Waals surface area contributed by atoms with Crippen LogP contribution < -0.4 is 10.5 Å². The molecule has 6 nitrogen and oxygen atoms in total. The molecule has 1 aromatic carbocycles. The highest BCUT2D eigenvalue weighted by atomic mass is 16.5. The molecule has 0 amide bonds. The summed E-state index contributed by atoms with van der Waals surface area (Å²) in [4.78, 5) is 24.6. The number of methoxy groups -OCH3 is 1. The lowest BCUT2D eigenvalue weighted by Crippen LogP contribution is -2.26. The number of aromatic nitrogens is 1. The van der Waals surface area contributed by atoms with E-state index in [1.54, 1.807) is 17.7 Å². The van der Waals surface area contributed by atoms with E-state index in [2.05, 4.69) is 0 Å². The van der Waals surface area contributed by atoms with Gasteiger partial charge in [0, 0.05) is 37.3 Å². The van der Waals surface area contributed by atoms with Crippen molar-refractivity contribution in [3.63, 3.8) is 0 Å². The number of carboxylic acid groups (broad SMARTS) is 1. The van der Waals surface area contributed by atoms with Gasteiger partial charge in [0.05, 0.1) is 11.9 Å². The van der Waals surface area contributed by atoms with E-state index in [1.165, 1.54) is 6.07 Å². The van der Waals surface area contributed by atoms with Gasteiger partial charge in [0.15, 0.2) is 0 Å². The topological polar surface area (TPSA) is 71.8 Å². The first-order valence-corrected chi connectivity index (χ1v) is 7.16. The first kappa shape index (κ1) is 16.0. The van der Waals surface area contributed by atoms with Gasteiger partial charge in [-0.3, -0.25) is 14.2 Å². The maximum absolute atomic E-state index is 11.9. The number of carbonyl (C=O) groups is 1. The summed E-state index contributed by atoms with van der Waals surface area (Å²) in [5.74, 6) is -0.812. The van der Waals surface area contributed by atoms with Crippen LogP contribution in [0.3, 0.4) is 0 Å². The number of ether oxygens (including phenoxy) is 1. The molecule has 0 aliphatic carbocycles. The Bertz CT molecular complexity index is 724. The predicted octanol–water partition coefficient (Wildman–Crippen LogP) is 1.91. The Morgan fingerprint density at radius 2 is 2.09 bits per heavy atom. The number of rotatable bonds is 7. The summed E-state index contributed by atoms with van der Waals surface area (Å²) in [7, 11) is 1.55. The van der Waals surface area contributed by atoms with Crippen molar-refractivity contribution in [3.05, 3.63) is 40.7 Å². The monoisotopic (exact) mass is 304 g/mol. The number of hydrogen-bond donors (Lipinski definition) is 1. The fourth-order valence-electron chi connectivity index (χ4n) is 2.45. The molecule has 0 saturated carbocycles. The highest BCUT2D eigenvalue weighted by molar-refractivity contribution is 5.83. The molecule has 2 aromatic rings. The third kappa shape index (κ3) is 3.46. The molecule has 0 spiro atoms. The molecule has 1 heterocycles. The van der Waals surface area contributed by atoms with Gasteiger partial charge in [0.25, 0.3) is 5.56 Å². The van der Waals surface area contributed by atoms with Gasteiger partial charge >= 0.3 is 5.97 Å². The summed E-state index contributed by atoms with van der Waals surface area (Å²) < 4.78 is 6.63. The third-order valence-electron chi connectivity index (χ3n) is 3.57. The minimum Gasteiger partial charge on any atom is -0.481 e. The van der Waals surface area contributed by atoms with E-state index in [0.717, 1.165) is 23.1 Å². The number of anilines is 1. The van der Waals surface area contributed by atoms with Crippen LogP contribution in [0, 0.1) is 0 Å². The molecule has 0 bridgehead atoms. The molecule has 0 unspecified atom stereocenters. The van der Waals surface area contributed by atoms with Gasteiger partial charge in [-0.05, 0) is 31.2 Å². The van der Waals surface area contributed by atoms with Crippen molar-refractivity contribution >= 4 is 22.6 Å². The van der Waals surface area contributed by atoms with E-state index in [-0.39, 0.29) is 18.7 Å². The van der Waals surface area contributed by atoms with E-state index in [4.69, 9.17) is 9.84 Å². The number of benzene rings is 1. The van der Waals surface area contributed by atoms with Gasteiger partial charge in [0.2, 0.25) is 0 Å². The second-order valence-corrected chi connectivity index (χ2v) is 4.98. The smallest absolute Gasteiger partial charge is 0.305 e. The molecule has 0 radical (unpaired) electrons. The van der Waals surface area contributed by atoms with Crippen LogP contribution in [0.5, 0.6) is 0 Å². The van der Waals surface area contributed by atoms with E-state index in [1.807, 2.05) is 30.0 Å². The zero-order valence-electron chi connectivity index (χ0n) is 12.8. The van der Waals surface area contributed by atoms with Crippen molar-refractivity contribution < 1.29 is 14.6 Å². The molecule has 2 rings (SSSR count). The zero-order chi connectivity index (χ0) is 16.1. The van der Waals surface area contributed by atoms with Crippen LogP contribution in [0.1, 0.15) is 13.3 Å². The summed E-state index contributed by atoms with van der Waals surface area (Å²) in [6, 6.07) is 9.02. The van der Waals surface area contributed by atoms with Crippen molar-refractivity contribution in [1.29, 1.82) is 0 Å². The largest absolute Gasteiger partial charge is 0.481 e. The average molecular weight is 304 g/mol. The van der Waals surface area contributed by atoms with Crippen LogP contribution in [0.2, 0.25) is 0 Å². The van der Waals surface area contributed by atoms with Crippen LogP contribution >= 0.6 is 0 Å². The fourth-order valence-corrected chi connectivity index (χ4v) is 2.45. The summed E-state index contributed by atoms with van der Waals surface area (Å²) >= 11 is 0. The average Bonchev–Trinajstić information content (AvgIpc) is 2.50. The van der Waals surface area contributed by atoms with Crippen LogP contribution in [0.25, 0.3) is 10.9 Å². The number of fused-ring (bicyclic) bond motifs is 1. The van der Waals surface area contributed by atoms with Gasteiger partial charge < -0.3 is 14.7 Å². The van der Waals surface area contributed by atoms with Gasteiger partial charge in [-0.1, -0.05) is 0 Å². The van der Waals surface area contributed by atoms with Crippen molar-refractivity contribution in [3.8, 4) is 0 Å². The van der Waals surface area contributed by atoms with Crippen LogP contribution in [-0.4, -0.2) is 35.8 Å².